The third-order valence-corrected chi connectivity index (χ3v) is 6.22. The molecule has 0 saturated heterocycles. The Morgan fingerprint density at radius 3 is 2.38 bits per heavy atom. The van der Waals surface area contributed by atoms with Crippen LogP contribution in [0, 0.1) is 0 Å². The van der Waals surface area contributed by atoms with E-state index in [-0.39, 0.29) is 10.9 Å². The highest BCUT2D eigenvalue weighted by atomic mass is 32.2. The Morgan fingerprint density at radius 1 is 1.24 bits per heavy atom. The van der Waals surface area contributed by atoms with E-state index in [1.54, 1.807) is 0 Å². The van der Waals surface area contributed by atoms with E-state index >= 15 is 0 Å². The third-order valence-electron chi connectivity index (χ3n) is 3.60. The van der Waals surface area contributed by atoms with Crippen LogP contribution in [0.2, 0.25) is 0 Å². The smallest absolute Gasteiger partial charge is 0.243 e. The summed E-state index contributed by atoms with van der Waals surface area (Å²) in [6.07, 6.45) is 8.71. The van der Waals surface area contributed by atoms with Crippen molar-refractivity contribution in [3.05, 3.63) is 12.4 Å². The predicted octanol–water partition coefficient (Wildman–Crippen LogP) is 1.86. The van der Waals surface area contributed by atoms with Crippen LogP contribution in [0.25, 0.3) is 0 Å². The number of aromatic nitrogens is 2. The first-order valence-corrected chi connectivity index (χ1v) is 9.93. The van der Waals surface area contributed by atoms with Gasteiger partial charge in [-0.2, -0.15) is 11.8 Å². The quantitative estimate of drug-likeness (QED) is 0.828. The molecule has 8 heteroatoms. The fraction of sp³-hybridized carbons (Fsp3) is 0.692. The molecule has 0 amide bonds. The van der Waals surface area contributed by atoms with E-state index in [2.05, 4.69) is 26.3 Å². The molecule has 1 aliphatic carbocycles. The van der Waals surface area contributed by atoms with Gasteiger partial charge in [0.25, 0.3) is 0 Å². The summed E-state index contributed by atoms with van der Waals surface area (Å²) in [4.78, 5) is 8.14. The molecule has 1 saturated carbocycles. The van der Waals surface area contributed by atoms with Gasteiger partial charge in [0.1, 0.15) is 4.90 Å². The number of thioether (sulfide) groups is 1. The van der Waals surface area contributed by atoms with Gasteiger partial charge < -0.3 is 5.32 Å². The Bertz CT molecular complexity index is 540. The van der Waals surface area contributed by atoms with Crippen molar-refractivity contribution in [2.75, 3.05) is 18.1 Å². The molecule has 0 aromatic carbocycles. The summed E-state index contributed by atoms with van der Waals surface area (Å²) in [6, 6.07) is 0.0202. The van der Waals surface area contributed by atoms with Crippen LogP contribution in [0.1, 0.15) is 32.6 Å². The molecule has 1 fully saturated rings. The lowest BCUT2D eigenvalue weighted by Gasteiger charge is -2.27. The van der Waals surface area contributed by atoms with Crippen LogP contribution in [0.4, 0.5) is 5.95 Å². The number of anilines is 1. The number of sulfonamides is 1. The van der Waals surface area contributed by atoms with Gasteiger partial charge in [0.2, 0.25) is 16.0 Å². The van der Waals surface area contributed by atoms with E-state index in [4.69, 9.17) is 0 Å². The van der Waals surface area contributed by atoms with Gasteiger partial charge in [-0.1, -0.05) is 0 Å². The molecule has 0 radical (unpaired) electrons. The largest absolute Gasteiger partial charge is 0.355 e. The molecule has 1 aromatic heterocycles. The summed E-state index contributed by atoms with van der Waals surface area (Å²) in [5, 5.41) is 3.60. The van der Waals surface area contributed by atoms with Crippen molar-refractivity contribution in [2.45, 2.75) is 48.8 Å². The van der Waals surface area contributed by atoms with Gasteiger partial charge in [0, 0.05) is 17.8 Å². The first kappa shape index (κ1) is 16.5. The van der Waals surface area contributed by atoms with Gasteiger partial charge in [0.15, 0.2) is 0 Å². The summed E-state index contributed by atoms with van der Waals surface area (Å²) in [7, 11) is -3.53. The number of nitrogens with one attached hydrogen (secondary N) is 2. The number of hydrogen-bond donors (Lipinski definition) is 2. The Kier molecular flexibility index (Phi) is 5.83. The predicted molar refractivity (Wildman–Crippen MR) is 86.1 cm³/mol. The molecule has 0 aliphatic heterocycles. The van der Waals surface area contributed by atoms with E-state index in [1.807, 2.05) is 18.7 Å². The van der Waals surface area contributed by atoms with Gasteiger partial charge in [-0.25, -0.2) is 23.1 Å². The highest BCUT2D eigenvalue weighted by Crippen LogP contribution is 2.27. The van der Waals surface area contributed by atoms with Crippen LogP contribution in [-0.2, 0) is 10.0 Å². The maximum Gasteiger partial charge on any atom is 0.243 e. The molecule has 0 bridgehead atoms. The van der Waals surface area contributed by atoms with Crippen molar-refractivity contribution in [1.82, 2.24) is 14.7 Å². The summed E-state index contributed by atoms with van der Waals surface area (Å²) in [5.41, 5.74) is 0. The van der Waals surface area contributed by atoms with Crippen LogP contribution < -0.4 is 10.0 Å². The zero-order chi connectivity index (χ0) is 15.3. The van der Waals surface area contributed by atoms with Gasteiger partial charge in [0.05, 0.1) is 12.4 Å². The molecule has 0 unspecified atom stereocenters. The first-order valence-electron chi connectivity index (χ1n) is 7.16. The molecule has 0 spiro atoms. The van der Waals surface area contributed by atoms with E-state index < -0.39 is 10.0 Å². The van der Waals surface area contributed by atoms with Crippen molar-refractivity contribution in [1.29, 1.82) is 0 Å². The fourth-order valence-corrected chi connectivity index (χ4v) is 4.35. The Labute approximate surface area is 130 Å². The van der Waals surface area contributed by atoms with Crippen molar-refractivity contribution in [3.63, 3.8) is 0 Å². The molecular weight excluding hydrogens is 308 g/mol. The van der Waals surface area contributed by atoms with E-state index in [0.717, 1.165) is 25.7 Å². The standard InChI is InChI=1S/C13H22N4O2S2/c1-3-14-13-15-8-12(9-16-13)21(18,19)17-10-4-6-11(20-2)7-5-10/h8-11,17H,3-7H2,1-2H3,(H,14,15,16). The molecule has 6 nitrogen and oxygen atoms in total. The maximum atomic E-state index is 12.3. The monoisotopic (exact) mass is 330 g/mol. The average molecular weight is 330 g/mol. The molecule has 21 heavy (non-hydrogen) atoms. The second kappa shape index (κ2) is 7.42. The maximum absolute atomic E-state index is 12.3. The Hall–Kier alpha value is -0.860. The molecular formula is C13H22N4O2S2. The molecule has 1 heterocycles. The topological polar surface area (TPSA) is 84.0 Å². The molecule has 2 rings (SSSR count). The third kappa shape index (κ3) is 4.55. The van der Waals surface area contributed by atoms with Crippen molar-refractivity contribution < 1.29 is 8.42 Å². The lowest BCUT2D eigenvalue weighted by Crippen LogP contribution is -2.38. The second-order valence-corrected chi connectivity index (χ2v) is 7.96. The van der Waals surface area contributed by atoms with Crippen molar-refractivity contribution >= 4 is 27.7 Å². The van der Waals surface area contributed by atoms with Crippen LogP contribution >= 0.6 is 11.8 Å². The van der Waals surface area contributed by atoms with E-state index in [9.17, 15) is 8.42 Å². The van der Waals surface area contributed by atoms with Gasteiger partial charge in [-0.3, -0.25) is 0 Å². The minimum Gasteiger partial charge on any atom is -0.355 e. The summed E-state index contributed by atoms with van der Waals surface area (Å²) in [5.74, 6) is 0.442. The number of nitrogens with zero attached hydrogens (tertiary/aromatic N) is 2. The van der Waals surface area contributed by atoms with Gasteiger partial charge in [-0.15, -0.1) is 0 Å². The lowest BCUT2D eigenvalue weighted by molar-refractivity contribution is 0.420. The summed E-state index contributed by atoms with van der Waals surface area (Å²) in [6.45, 7) is 2.63. The molecule has 0 atom stereocenters. The minimum absolute atomic E-state index is 0.0202. The molecule has 118 valence electrons. The summed E-state index contributed by atoms with van der Waals surface area (Å²) >= 11 is 1.86. The number of rotatable bonds is 6. The zero-order valence-corrected chi connectivity index (χ0v) is 14.0. The van der Waals surface area contributed by atoms with Crippen LogP contribution in [0.3, 0.4) is 0 Å². The number of hydrogen-bond acceptors (Lipinski definition) is 6. The van der Waals surface area contributed by atoms with E-state index in [0.29, 0.717) is 17.7 Å². The van der Waals surface area contributed by atoms with Crippen molar-refractivity contribution in [2.24, 2.45) is 0 Å². The normalized spacial score (nSPS) is 23.0. The fourth-order valence-electron chi connectivity index (χ4n) is 2.41. The molecule has 1 aliphatic rings. The van der Waals surface area contributed by atoms with E-state index in [1.165, 1.54) is 12.4 Å². The Balaban J connectivity index is 1.98. The first-order chi connectivity index (χ1) is 10.0. The van der Waals surface area contributed by atoms with Gasteiger partial charge in [-0.05, 0) is 38.9 Å². The lowest BCUT2D eigenvalue weighted by atomic mass is 9.96. The van der Waals surface area contributed by atoms with Crippen LogP contribution in [0.15, 0.2) is 17.3 Å². The minimum atomic E-state index is -3.53. The second-order valence-electron chi connectivity index (χ2n) is 5.10. The molecule has 2 N–H and O–H groups in total. The Morgan fingerprint density at radius 2 is 1.86 bits per heavy atom. The highest BCUT2D eigenvalue weighted by molar-refractivity contribution is 7.99. The van der Waals surface area contributed by atoms with Crippen LogP contribution in [0.5, 0.6) is 0 Å². The van der Waals surface area contributed by atoms with Gasteiger partial charge >= 0.3 is 0 Å². The summed E-state index contributed by atoms with van der Waals surface area (Å²) < 4.78 is 27.4. The SMILES string of the molecule is CCNc1ncc(S(=O)(=O)NC2CCC(SC)CC2)cn1. The van der Waals surface area contributed by atoms with Crippen molar-refractivity contribution in [3.8, 4) is 0 Å². The molecule has 1 aromatic rings. The highest BCUT2D eigenvalue weighted by Gasteiger charge is 2.25. The van der Waals surface area contributed by atoms with Crippen LogP contribution in [-0.4, -0.2) is 42.5 Å². The average Bonchev–Trinajstić information content (AvgIpc) is 2.48. The zero-order valence-electron chi connectivity index (χ0n) is 12.4.